The van der Waals surface area contributed by atoms with Crippen LogP contribution in [0.4, 0.5) is 5.69 Å². The molecule has 0 saturated heterocycles. The fourth-order valence-electron chi connectivity index (χ4n) is 0.873. The lowest BCUT2D eigenvalue weighted by Crippen LogP contribution is -2.15. The molecule has 86 valence electrons. The number of sulfonamides is 1. The zero-order valence-corrected chi connectivity index (χ0v) is 9.56. The van der Waals surface area contributed by atoms with Crippen molar-refractivity contribution in [2.45, 2.75) is 6.92 Å². The summed E-state index contributed by atoms with van der Waals surface area (Å²) < 4.78 is 24.8. The van der Waals surface area contributed by atoms with Crippen LogP contribution in [0.2, 0.25) is 0 Å². The van der Waals surface area contributed by atoms with E-state index < -0.39 is 10.0 Å². The molecule has 0 radical (unpaired) electrons. The smallest absolute Gasteiger partial charge is 0.232 e. The van der Waals surface area contributed by atoms with E-state index in [1.807, 2.05) is 20.0 Å². The molecule has 0 saturated carbocycles. The number of rotatable bonds is 3. The Morgan fingerprint density at radius 3 is 2.07 bits per heavy atom. The van der Waals surface area contributed by atoms with Crippen molar-refractivity contribution in [2.24, 2.45) is 0 Å². The molecule has 1 aromatic rings. The molecule has 0 aliphatic rings. The molecule has 0 bridgehead atoms. The van der Waals surface area contributed by atoms with E-state index in [-0.39, 0.29) is 16.7 Å². The van der Waals surface area contributed by atoms with Crippen LogP contribution in [-0.2, 0) is 10.0 Å². The Hall–Kier alpha value is -1.05. The van der Waals surface area contributed by atoms with Gasteiger partial charge in [-0.2, -0.15) is 0 Å². The van der Waals surface area contributed by atoms with Gasteiger partial charge in [-0.3, -0.25) is 4.72 Å². The molecular formula is C8H16BNO4S. The van der Waals surface area contributed by atoms with Crippen LogP contribution in [0.15, 0.2) is 24.3 Å². The van der Waals surface area contributed by atoms with Gasteiger partial charge in [-0.15, -0.1) is 0 Å². The zero-order valence-electron chi connectivity index (χ0n) is 8.74. The van der Waals surface area contributed by atoms with Crippen molar-refractivity contribution in [3.8, 4) is 0 Å². The van der Waals surface area contributed by atoms with Crippen LogP contribution >= 0.6 is 0 Å². The van der Waals surface area contributed by atoms with Crippen molar-refractivity contribution in [3.63, 3.8) is 0 Å². The minimum atomic E-state index is -3.14. The molecule has 7 heteroatoms. The zero-order chi connectivity index (χ0) is 9.90. The lowest BCUT2D eigenvalue weighted by atomic mass is 9.96. The monoisotopic (exact) mass is 233 g/mol. The lowest BCUT2D eigenvalue weighted by Gasteiger charge is -2.05. The van der Waals surface area contributed by atoms with E-state index >= 15 is 0 Å². The Kier molecular flexibility index (Phi) is 7.04. The topological polar surface area (TPSA) is 109 Å². The van der Waals surface area contributed by atoms with Crippen molar-refractivity contribution >= 4 is 29.0 Å². The number of hydrogen-bond donors (Lipinski definition) is 1. The predicted molar refractivity (Wildman–Crippen MR) is 64.9 cm³/mol. The largest absolute Gasteiger partial charge is 0.412 e. The number of nitrogens with one attached hydrogen (secondary N) is 1. The van der Waals surface area contributed by atoms with Gasteiger partial charge in [-0.1, -0.05) is 17.6 Å². The summed E-state index contributed by atoms with van der Waals surface area (Å²) in [6, 6.07) is 7.24. The van der Waals surface area contributed by atoms with E-state index in [2.05, 4.69) is 4.72 Å². The molecule has 0 atom stereocenters. The van der Waals surface area contributed by atoms with Gasteiger partial charge in [0.1, 0.15) is 7.85 Å². The second-order valence-electron chi connectivity index (χ2n) is 2.87. The van der Waals surface area contributed by atoms with Gasteiger partial charge < -0.3 is 11.0 Å². The van der Waals surface area contributed by atoms with Gasteiger partial charge in [-0.05, 0) is 19.1 Å². The molecular weight excluding hydrogens is 217 g/mol. The van der Waals surface area contributed by atoms with E-state index in [0.717, 1.165) is 5.46 Å². The van der Waals surface area contributed by atoms with Gasteiger partial charge in [0.25, 0.3) is 0 Å². The quantitative estimate of drug-likeness (QED) is 0.612. The summed E-state index contributed by atoms with van der Waals surface area (Å²) in [7, 11) is -1.18. The number of anilines is 1. The van der Waals surface area contributed by atoms with Gasteiger partial charge in [0.05, 0.1) is 5.75 Å². The first kappa shape index (κ1) is 16.4. The van der Waals surface area contributed by atoms with Crippen molar-refractivity contribution < 1.29 is 19.4 Å². The van der Waals surface area contributed by atoms with Gasteiger partial charge in [-0.25, -0.2) is 8.42 Å². The normalized spacial score (nSPS) is 9.67. The summed E-state index contributed by atoms with van der Waals surface area (Å²) >= 11 is 0. The fourth-order valence-corrected chi connectivity index (χ4v) is 1.51. The van der Waals surface area contributed by atoms with Crippen molar-refractivity contribution in [3.05, 3.63) is 24.3 Å². The highest BCUT2D eigenvalue weighted by atomic mass is 32.2. The Balaban J connectivity index is 0. The third-order valence-corrected chi connectivity index (χ3v) is 3.01. The summed E-state index contributed by atoms with van der Waals surface area (Å²) in [4.78, 5) is 0. The Labute approximate surface area is 90.6 Å². The van der Waals surface area contributed by atoms with Crippen molar-refractivity contribution in [2.75, 3.05) is 10.5 Å². The second kappa shape index (κ2) is 6.44. The van der Waals surface area contributed by atoms with Crippen LogP contribution in [0, 0.1) is 0 Å². The van der Waals surface area contributed by atoms with Crippen molar-refractivity contribution in [1.82, 2.24) is 0 Å². The lowest BCUT2D eigenvalue weighted by molar-refractivity contribution is 0.602. The third-order valence-electron chi connectivity index (χ3n) is 1.70. The molecule has 0 spiro atoms. The fraction of sp³-hybridized carbons (Fsp3) is 0.250. The van der Waals surface area contributed by atoms with Crippen LogP contribution < -0.4 is 10.2 Å². The van der Waals surface area contributed by atoms with Gasteiger partial charge in [0.15, 0.2) is 0 Å². The Morgan fingerprint density at radius 2 is 1.67 bits per heavy atom. The summed E-state index contributed by atoms with van der Waals surface area (Å²) in [6.45, 7) is 1.61. The molecule has 5 N–H and O–H groups in total. The maximum Gasteiger partial charge on any atom is 0.232 e. The van der Waals surface area contributed by atoms with E-state index in [1.165, 1.54) is 0 Å². The van der Waals surface area contributed by atoms with E-state index in [9.17, 15) is 8.42 Å². The molecule has 0 aromatic heterocycles. The number of hydrogen-bond acceptors (Lipinski definition) is 2. The molecule has 0 aliphatic carbocycles. The summed E-state index contributed by atoms with van der Waals surface area (Å²) in [5.74, 6) is 0.0981. The van der Waals surface area contributed by atoms with Crippen LogP contribution in [0.5, 0.6) is 0 Å². The van der Waals surface area contributed by atoms with Gasteiger partial charge in [0, 0.05) is 5.69 Å². The predicted octanol–water partition coefficient (Wildman–Crippen LogP) is -1.94. The van der Waals surface area contributed by atoms with E-state index in [0.29, 0.717) is 5.69 Å². The molecule has 1 aromatic carbocycles. The molecule has 0 heterocycles. The van der Waals surface area contributed by atoms with Crippen LogP contribution in [0.1, 0.15) is 6.92 Å². The van der Waals surface area contributed by atoms with Gasteiger partial charge in [0.2, 0.25) is 10.0 Å². The first-order chi connectivity index (χ1) is 6.03. The molecule has 0 fully saturated rings. The summed E-state index contributed by atoms with van der Waals surface area (Å²) in [5, 5.41) is 0. The first-order valence-electron chi connectivity index (χ1n) is 4.10. The molecule has 15 heavy (non-hydrogen) atoms. The molecule has 0 amide bonds. The first-order valence-corrected chi connectivity index (χ1v) is 5.76. The Bertz CT molecular complexity index is 376. The standard InChI is InChI=1S/C8H12BNO2S.2H2O/c1-2-13(11,12)10-8-5-3-7(9)4-6-8;;/h3-6,10H,2,9H2,1H3;2*1H2. The number of benzene rings is 1. The molecule has 0 unspecified atom stereocenters. The van der Waals surface area contributed by atoms with Crippen LogP contribution in [0.25, 0.3) is 0 Å². The third kappa shape index (κ3) is 5.41. The molecule has 5 nitrogen and oxygen atoms in total. The highest BCUT2D eigenvalue weighted by Crippen LogP contribution is 2.06. The summed E-state index contributed by atoms with van der Waals surface area (Å²) in [5.41, 5.74) is 1.73. The van der Waals surface area contributed by atoms with E-state index in [4.69, 9.17) is 0 Å². The molecule has 1 rings (SSSR count). The van der Waals surface area contributed by atoms with E-state index in [1.54, 1.807) is 19.1 Å². The van der Waals surface area contributed by atoms with Gasteiger partial charge >= 0.3 is 0 Å². The SMILES string of the molecule is Bc1ccc(NS(=O)(=O)CC)cc1.O.O. The average molecular weight is 233 g/mol. The maximum atomic E-state index is 11.1. The highest BCUT2D eigenvalue weighted by Gasteiger charge is 2.05. The Morgan fingerprint density at radius 1 is 1.20 bits per heavy atom. The minimum absolute atomic E-state index is 0. The van der Waals surface area contributed by atoms with Crippen LogP contribution in [0.3, 0.4) is 0 Å². The van der Waals surface area contributed by atoms with Crippen molar-refractivity contribution in [1.29, 1.82) is 0 Å². The minimum Gasteiger partial charge on any atom is -0.412 e. The summed E-state index contributed by atoms with van der Waals surface area (Å²) in [6.07, 6.45) is 0. The average Bonchev–Trinajstić information content (AvgIpc) is 2.09. The second-order valence-corrected chi connectivity index (χ2v) is 4.88. The molecule has 0 aliphatic heterocycles. The highest BCUT2D eigenvalue weighted by molar-refractivity contribution is 7.92. The van der Waals surface area contributed by atoms with Crippen LogP contribution in [-0.4, -0.2) is 33.0 Å². The maximum absolute atomic E-state index is 11.1.